The van der Waals surface area contributed by atoms with Crippen LogP contribution in [-0.2, 0) is 0 Å². The Morgan fingerprint density at radius 1 is 1.28 bits per heavy atom. The average molecular weight is 263 g/mol. The van der Waals surface area contributed by atoms with E-state index in [1.807, 2.05) is 12.1 Å². The van der Waals surface area contributed by atoms with Crippen molar-refractivity contribution in [3.63, 3.8) is 0 Å². The molecule has 5 heteroatoms. The predicted octanol–water partition coefficient (Wildman–Crippen LogP) is 3.11. The Morgan fingerprint density at radius 2 is 2.00 bits per heavy atom. The van der Waals surface area contributed by atoms with E-state index in [0.29, 0.717) is 21.7 Å². The van der Waals surface area contributed by atoms with Gasteiger partial charge in [0.15, 0.2) is 5.13 Å². The number of nitrogens with two attached hydrogens (primary N) is 2. The van der Waals surface area contributed by atoms with Gasteiger partial charge in [0.25, 0.3) is 0 Å². The maximum Gasteiger partial charge on any atom is 0.182 e. The van der Waals surface area contributed by atoms with Crippen LogP contribution in [-0.4, -0.2) is 12.1 Å². The van der Waals surface area contributed by atoms with Gasteiger partial charge < -0.3 is 16.2 Å². The Morgan fingerprint density at radius 3 is 2.50 bits per heavy atom. The zero-order valence-electron chi connectivity index (χ0n) is 10.7. The number of methoxy groups -OCH3 is 1. The number of hydrogen-bond donors (Lipinski definition) is 2. The van der Waals surface area contributed by atoms with Crippen molar-refractivity contribution in [1.82, 2.24) is 4.98 Å². The molecule has 2 rings (SSSR count). The second kappa shape index (κ2) is 4.86. The van der Waals surface area contributed by atoms with Crippen LogP contribution in [0.5, 0.6) is 5.75 Å². The molecule has 4 N–H and O–H groups in total. The number of aromatic nitrogens is 1. The molecule has 1 aromatic carbocycles. The molecule has 0 aliphatic heterocycles. The van der Waals surface area contributed by atoms with Crippen molar-refractivity contribution in [2.75, 3.05) is 18.6 Å². The quantitative estimate of drug-likeness (QED) is 0.892. The molecule has 0 saturated carbocycles. The Hall–Kier alpha value is -1.75. The van der Waals surface area contributed by atoms with Crippen molar-refractivity contribution in [2.24, 2.45) is 0 Å². The summed E-state index contributed by atoms with van der Waals surface area (Å²) < 4.78 is 5.42. The van der Waals surface area contributed by atoms with Gasteiger partial charge in [-0.25, -0.2) is 4.98 Å². The standard InChI is InChI=1S/C13H17N3OS/c1-7(2)8-4-5-9(10(6-8)17-3)11-12(14)18-13(15)16-11/h4-7H,14H2,1-3H3,(H2,15,16). The van der Waals surface area contributed by atoms with Crippen LogP contribution in [0.2, 0.25) is 0 Å². The highest BCUT2D eigenvalue weighted by Gasteiger charge is 2.15. The molecule has 2 aromatic rings. The fourth-order valence-corrected chi connectivity index (χ4v) is 2.42. The third kappa shape index (κ3) is 2.26. The number of benzene rings is 1. The maximum absolute atomic E-state index is 5.92. The fraction of sp³-hybridized carbons (Fsp3) is 0.308. The minimum absolute atomic E-state index is 0.450. The molecule has 0 aliphatic rings. The van der Waals surface area contributed by atoms with E-state index in [-0.39, 0.29) is 0 Å². The summed E-state index contributed by atoms with van der Waals surface area (Å²) in [7, 11) is 1.65. The largest absolute Gasteiger partial charge is 0.496 e. The highest BCUT2D eigenvalue weighted by molar-refractivity contribution is 7.19. The third-order valence-corrected chi connectivity index (χ3v) is 3.53. The van der Waals surface area contributed by atoms with Gasteiger partial charge in [0, 0.05) is 5.56 Å². The van der Waals surface area contributed by atoms with Crippen LogP contribution < -0.4 is 16.2 Å². The van der Waals surface area contributed by atoms with Crippen molar-refractivity contribution >= 4 is 21.5 Å². The summed E-state index contributed by atoms with van der Waals surface area (Å²) >= 11 is 1.28. The van der Waals surface area contributed by atoms with E-state index < -0.39 is 0 Å². The summed E-state index contributed by atoms with van der Waals surface area (Å²) in [5.74, 6) is 1.23. The summed E-state index contributed by atoms with van der Waals surface area (Å²) in [6.45, 7) is 4.28. The number of thiazole rings is 1. The molecule has 0 radical (unpaired) electrons. The highest BCUT2D eigenvalue weighted by Crippen LogP contribution is 2.38. The zero-order chi connectivity index (χ0) is 13.3. The van der Waals surface area contributed by atoms with Crippen molar-refractivity contribution in [2.45, 2.75) is 19.8 Å². The van der Waals surface area contributed by atoms with Gasteiger partial charge in [-0.15, -0.1) is 0 Å². The number of rotatable bonds is 3. The first-order valence-corrected chi connectivity index (χ1v) is 6.54. The molecule has 0 atom stereocenters. The third-order valence-electron chi connectivity index (χ3n) is 2.82. The summed E-state index contributed by atoms with van der Waals surface area (Å²) in [4.78, 5) is 4.25. The average Bonchev–Trinajstić information content (AvgIpc) is 2.67. The summed E-state index contributed by atoms with van der Waals surface area (Å²) in [6.07, 6.45) is 0. The molecule has 0 aliphatic carbocycles. The van der Waals surface area contributed by atoms with E-state index in [2.05, 4.69) is 24.9 Å². The molecule has 0 fully saturated rings. The second-order valence-corrected chi connectivity index (χ2v) is 5.44. The van der Waals surface area contributed by atoms with E-state index in [4.69, 9.17) is 16.2 Å². The van der Waals surface area contributed by atoms with Gasteiger partial charge in [-0.1, -0.05) is 31.3 Å². The van der Waals surface area contributed by atoms with E-state index in [0.717, 1.165) is 11.3 Å². The fourth-order valence-electron chi connectivity index (χ4n) is 1.80. The summed E-state index contributed by atoms with van der Waals surface area (Å²) in [5.41, 5.74) is 14.4. The van der Waals surface area contributed by atoms with Gasteiger partial charge >= 0.3 is 0 Å². The van der Waals surface area contributed by atoms with Crippen LogP contribution >= 0.6 is 11.3 Å². The molecule has 18 heavy (non-hydrogen) atoms. The monoisotopic (exact) mass is 263 g/mol. The van der Waals surface area contributed by atoms with Crippen molar-refractivity contribution in [1.29, 1.82) is 0 Å². The van der Waals surface area contributed by atoms with Gasteiger partial charge in [0.1, 0.15) is 16.4 Å². The van der Waals surface area contributed by atoms with Crippen molar-refractivity contribution in [3.8, 4) is 17.0 Å². The van der Waals surface area contributed by atoms with E-state index >= 15 is 0 Å². The molecule has 0 saturated heterocycles. The molecule has 1 aromatic heterocycles. The van der Waals surface area contributed by atoms with Crippen LogP contribution in [0.4, 0.5) is 10.1 Å². The molecule has 0 spiro atoms. The first-order chi connectivity index (χ1) is 8.52. The van der Waals surface area contributed by atoms with Gasteiger partial charge in [-0.2, -0.15) is 0 Å². The molecule has 0 unspecified atom stereocenters. The summed E-state index contributed by atoms with van der Waals surface area (Å²) in [5, 5.41) is 1.08. The summed E-state index contributed by atoms with van der Waals surface area (Å²) in [6, 6.07) is 6.07. The highest BCUT2D eigenvalue weighted by atomic mass is 32.1. The number of nitrogen functional groups attached to an aromatic ring is 2. The van der Waals surface area contributed by atoms with E-state index in [9.17, 15) is 0 Å². The predicted molar refractivity (Wildman–Crippen MR) is 77.0 cm³/mol. The van der Waals surface area contributed by atoms with Gasteiger partial charge in [-0.3, -0.25) is 0 Å². The number of anilines is 2. The molecular formula is C13H17N3OS. The number of hydrogen-bond acceptors (Lipinski definition) is 5. The normalized spacial score (nSPS) is 10.9. The zero-order valence-corrected chi connectivity index (χ0v) is 11.5. The Kier molecular flexibility index (Phi) is 3.43. The van der Waals surface area contributed by atoms with Gasteiger partial charge in [-0.05, 0) is 23.6 Å². The van der Waals surface area contributed by atoms with Gasteiger partial charge in [0.05, 0.1) is 7.11 Å². The lowest BCUT2D eigenvalue weighted by molar-refractivity contribution is 0.415. The van der Waals surface area contributed by atoms with Crippen molar-refractivity contribution in [3.05, 3.63) is 23.8 Å². The lowest BCUT2D eigenvalue weighted by atomic mass is 10.00. The SMILES string of the molecule is COc1cc(C(C)C)ccc1-c1nc(N)sc1N. The molecular weight excluding hydrogens is 246 g/mol. The first kappa shape index (κ1) is 12.7. The molecule has 0 bridgehead atoms. The second-order valence-electron chi connectivity index (χ2n) is 4.38. The van der Waals surface area contributed by atoms with E-state index in [1.165, 1.54) is 16.9 Å². The Bertz CT molecular complexity index is 563. The van der Waals surface area contributed by atoms with Gasteiger partial charge in [0.2, 0.25) is 0 Å². The number of ether oxygens (including phenoxy) is 1. The Balaban J connectivity index is 2.54. The van der Waals surface area contributed by atoms with Crippen LogP contribution in [0.1, 0.15) is 25.3 Å². The van der Waals surface area contributed by atoms with Crippen LogP contribution in [0, 0.1) is 0 Å². The molecule has 0 amide bonds. The minimum Gasteiger partial charge on any atom is -0.496 e. The topological polar surface area (TPSA) is 74.2 Å². The van der Waals surface area contributed by atoms with Crippen LogP contribution in [0.15, 0.2) is 18.2 Å². The smallest absolute Gasteiger partial charge is 0.182 e. The van der Waals surface area contributed by atoms with Crippen LogP contribution in [0.3, 0.4) is 0 Å². The number of nitrogens with zero attached hydrogens (tertiary/aromatic N) is 1. The van der Waals surface area contributed by atoms with Crippen LogP contribution in [0.25, 0.3) is 11.3 Å². The lowest BCUT2D eigenvalue weighted by Gasteiger charge is -2.11. The maximum atomic E-state index is 5.92. The minimum atomic E-state index is 0.450. The van der Waals surface area contributed by atoms with E-state index in [1.54, 1.807) is 7.11 Å². The molecule has 4 nitrogen and oxygen atoms in total. The first-order valence-electron chi connectivity index (χ1n) is 5.73. The Labute approximate surface area is 111 Å². The lowest BCUT2D eigenvalue weighted by Crippen LogP contribution is -1.95. The molecule has 1 heterocycles. The molecule has 96 valence electrons. The van der Waals surface area contributed by atoms with Crippen molar-refractivity contribution < 1.29 is 4.74 Å².